The van der Waals surface area contributed by atoms with Gasteiger partial charge in [-0.3, -0.25) is 20.1 Å². The molecule has 2 unspecified atom stereocenters. The van der Waals surface area contributed by atoms with E-state index in [-0.39, 0.29) is 22.3 Å². The maximum atomic E-state index is 12.3. The summed E-state index contributed by atoms with van der Waals surface area (Å²) in [6.45, 7) is 11.1. The first-order valence-corrected chi connectivity index (χ1v) is 8.39. The van der Waals surface area contributed by atoms with E-state index in [0.717, 1.165) is 12.8 Å². The number of rotatable bonds is 3. The average molecular weight is 335 g/mol. The number of hydrogen-bond donors (Lipinski definition) is 3. The van der Waals surface area contributed by atoms with Gasteiger partial charge in [0.25, 0.3) is 5.56 Å². The molecular weight excluding hydrogens is 306 g/mol. The van der Waals surface area contributed by atoms with Crippen LogP contribution in [0, 0.1) is 23.7 Å². The number of nitrogens with zero attached hydrogens (tertiary/aromatic N) is 2. The molecule has 1 saturated carbocycles. The van der Waals surface area contributed by atoms with E-state index in [1.165, 1.54) is 17.5 Å². The van der Waals surface area contributed by atoms with Crippen LogP contribution in [0.4, 0.5) is 10.7 Å². The molecule has 2 rings (SSSR count). The maximum Gasteiger partial charge on any atom is 0.338 e. The van der Waals surface area contributed by atoms with E-state index >= 15 is 0 Å². The lowest BCUT2D eigenvalue weighted by Crippen LogP contribution is -2.49. The minimum Gasteiger partial charge on any atom is -0.292 e. The third kappa shape index (κ3) is 4.80. The molecule has 0 aromatic carbocycles. The molecule has 1 aliphatic rings. The Hall–Kier alpha value is -1.89. The number of carbonyl (C=O) groups excluding carboxylic acids is 1. The van der Waals surface area contributed by atoms with Crippen molar-refractivity contribution in [2.45, 2.75) is 53.9 Å². The Balaban J connectivity index is 2.04. The first-order chi connectivity index (χ1) is 11.0. The molecule has 0 radical (unpaired) electrons. The summed E-state index contributed by atoms with van der Waals surface area (Å²) in [6.07, 6.45) is 3.25. The van der Waals surface area contributed by atoms with Crippen LogP contribution in [0.3, 0.4) is 0 Å². The van der Waals surface area contributed by atoms with Crippen molar-refractivity contribution in [1.29, 1.82) is 0 Å². The first-order valence-electron chi connectivity index (χ1n) is 8.39. The predicted molar refractivity (Wildman–Crippen MR) is 94.4 cm³/mol. The number of hydrogen-bond acceptors (Lipinski definition) is 4. The van der Waals surface area contributed by atoms with Gasteiger partial charge in [0.1, 0.15) is 0 Å². The molecule has 1 aromatic rings. The van der Waals surface area contributed by atoms with Gasteiger partial charge in [-0.25, -0.2) is 15.6 Å². The molecule has 2 atom stereocenters. The first kappa shape index (κ1) is 18.4. The Morgan fingerprint density at radius 3 is 2.71 bits per heavy atom. The van der Waals surface area contributed by atoms with Gasteiger partial charge >= 0.3 is 6.03 Å². The summed E-state index contributed by atoms with van der Waals surface area (Å²) >= 11 is 0. The Kier molecular flexibility index (Phi) is 5.03. The molecule has 7 nitrogen and oxygen atoms in total. The number of aromatic amines is 1. The molecule has 1 aromatic heterocycles. The molecule has 7 heteroatoms. The number of urea groups is 1. The van der Waals surface area contributed by atoms with Gasteiger partial charge in [-0.15, -0.1) is 0 Å². The monoisotopic (exact) mass is 335 g/mol. The number of H-pyrrole nitrogens is 1. The average Bonchev–Trinajstić information content (AvgIpc) is 2.33. The van der Waals surface area contributed by atoms with Crippen molar-refractivity contribution in [2.24, 2.45) is 22.6 Å². The summed E-state index contributed by atoms with van der Waals surface area (Å²) in [6, 6.07) is 0.892. The number of anilines is 1. The van der Waals surface area contributed by atoms with E-state index in [2.05, 4.69) is 43.0 Å². The van der Waals surface area contributed by atoms with Crippen LogP contribution < -0.4 is 16.7 Å². The Morgan fingerprint density at radius 1 is 1.46 bits per heavy atom. The number of aryl methyl sites for hydroxylation is 1. The third-order valence-electron chi connectivity index (χ3n) is 4.56. The number of carbonyl (C=O) groups is 1. The molecule has 0 bridgehead atoms. The number of hydrazine groups is 1. The highest BCUT2D eigenvalue weighted by molar-refractivity contribution is 5.86. The molecule has 0 saturated heterocycles. The van der Waals surface area contributed by atoms with Gasteiger partial charge in [-0.1, -0.05) is 27.7 Å². The third-order valence-corrected chi connectivity index (χ3v) is 4.56. The molecule has 134 valence electrons. The lowest BCUT2D eigenvalue weighted by atomic mass is 9.61. The van der Waals surface area contributed by atoms with Crippen LogP contribution in [-0.2, 0) is 0 Å². The fourth-order valence-corrected chi connectivity index (χ4v) is 4.57. The second kappa shape index (κ2) is 6.55. The highest BCUT2D eigenvalue weighted by Crippen LogP contribution is 2.48. The minimum atomic E-state index is -0.471. The molecule has 1 fully saturated rings. The van der Waals surface area contributed by atoms with Crippen LogP contribution in [0.2, 0.25) is 0 Å². The number of nitrogens with one attached hydrogen (secondary N) is 2. The smallest absolute Gasteiger partial charge is 0.292 e. The summed E-state index contributed by atoms with van der Waals surface area (Å²) in [5.41, 5.74) is 0.442. The van der Waals surface area contributed by atoms with Crippen molar-refractivity contribution < 1.29 is 4.79 Å². The van der Waals surface area contributed by atoms with Crippen molar-refractivity contribution in [3.63, 3.8) is 0 Å². The quantitative estimate of drug-likeness (QED) is 0.449. The maximum absolute atomic E-state index is 12.3. The Labute approximate surface area is 143 Å². The molecule has 0 spiro atoms. The summed E-state index contributed by atoms with van der Waals surface area (Å²) in [5.74, 6) is 6.71. The second-order valence-electron chi connectivity index (χ2n) is 8.46. The molecule has 24 heavy (non-hydrogen) atoms. The van der Waals surface area contributed by atoms with E-state index < -0.39 is 6.03 Å². The lowest BCUT2D eigenvalue weighted by Gasteiger charge is -2.47. The van der Waals surface area contributed by atoms with Crippen molar-refractivity contribution >= 4 is 12.0 Å². The Bertz CT molecular complexity index is 669. The number of amides is 2. The van der Waals surface area contributed by atoms with Crippen molar-refractivity contribution in [3.8, 4) is 0 Å². The van der Waals surface area contributed by atoms with E-state index in [1.54, 1.807) is 6.92 Å². The SMILES string of the molecule is Cc1cc(=O)[nH]c(NC(=O)N(N)CC2(C)CC(C)CC(C)(C)C2)n1. The second-order valence-corrected chi connectivity index (χ2v) is 8.46. The number of aromatic nitrogens is 2. The van der Waals surface area contributed by atoms with Gasteiger partial charge in [-0.05, 0) is 42.9 Å². The van der Waals surface area contributed by atoms with E-state index in [9.17, 15) is 9.59 Å². The minimum absolute atomic E-state index is 0.0271. The van der Waals surface area contributed by atoms with Crippen molar-refractivity contribution in [1.82, 2.24) is 15.0 Å². The summed E-state index contributed by atoms with van der Waals surface area (Å²) < 4.78 is 0. The van der Waals surface area contributed by atoms with Gasteiger partial charge in [0.05, 0.1) is 0 Å². The largest absolute Gasteiger partial charge is 0.338 e. The van der Waals surface area contributed by atoms with E-state index in [0.29, 0.717) is 18.2 Å². The van der Waals surface area contributed by atoms with Gasteiger partial charge in [-0.2, -0.15) is 0 Å². The van der Waals surface area contributed by atoms with Crippen LogP contribution >= 0.6 is 0 Å². The van der Waals surface area contributed by atoms with Gasteiger partial charge < -0.3 is 0 Å². The summed E-state index contributed by atoms with van der Waals surface area (Å²) in [5, 5.41) is 3.75. The molecule has 4 N–H and O–H groups in total. The van der Waals surface area contributed by atoms with Gasteiger partial charge in [0.15, 0.2) is 0 Å². The van der Waals surface area contributed by atoms with Gasteiger partial charge in [0, 0.05) is 18.3 Å². The molecule has 1 heterocycles. The predicted octanol–water partition coefficient (Wildman–Crippen LogP) is 2.64. The topological polar surface area (TPSA) is 104 Å². The normalized spacial score (nSPS) is 26.0. The summed E-state index contributed by atoms with van der Waals surface area (Å²) in [7, 11) is 0. The lowest BCUT2D eigenvalue weighted by molar-refractivity contribution is 0.0388. The van der Waals surface area contributed by atoms with Crippen molar-refractivity contribution in [2.75, 3.05) is 11.9 Å². The van der Waals surface area contributed by atoms with Gasteiger partial charge in [0.2, 0.25) is 5.95 Å². The molecule has 1 aliphatic carbocycles. The molecule has 0 aliphatic heterocycles. The zero-order valence-electron chi connectivity index (χ0n) is 15.3. The fourth-order valence-electron chi connectivity index (χ4n) is 4.57. The fraction of sp³-hybridized carbons (Fsp3) is 0.706. The zero-order valence-corrected chi connectivity index (χ0v) is 15.3. The highest BCUT2D eigenvalue weighted by Gasteiger charge is 2.41. The van der Waals surface area contributed by atoms with Crippen molar-refractivity contribution in [3.05, 3.63) is 22.1 Å². The Morgan fingerprint density at radius 2 is 2.12 bits per heavy atom. The molecule has 2 amide bonds. The zero-order chi connectivity index (χ0) is 18.1. The van der Waals surface area contributed by atoms with Crippen LogP contribution in [0.15, 0.2) is 10.9 Å². The molecular formula is C17H29N5O2. The highest BCUT2D eigenvalue weighted by atomic mass is 16.2. The van der Waals surface area contributed by atoms with Crippen LogP contribution in [0.25, 0.3) is 0 Å². The number of nitrogens with two attached hydrogens (primary N) is 1. The van der Waals surface area contributed by atoms with Crippen LogP contribution in [-0.4, -0.2) is 27.6 Å². The van der Waals surface area contributed by atoms with Crippen LogP contribution in [0.1, 0.15) is 52.7 Å². The van der Waals surface area contributed by atoms with E-state index in [1.807, 2.05) is 0 Å². The standard InChI is InChI=1S/C17H29N5O2/c1-11-7-16(3,4)9-17(5,8-11)10-22(18)15(24)21-14-19-12(2)6-13(23)20-14/h6,11H,7-10,18H2,1-5H3,(H2,19,20,21,23,24). The summed E-state index contributed by atoms with van der Waals surface area (Å²) in [4.78, 5) is 30.3. The van der Waals surface area contributed by atoms with Crippen LogP contribution in [0.5, 0.6) is 0 Å². The van der Waals surface area contributed by atoms with E-state index in [4.69, 9.17) is 5.84 Å².